The van der Waals surface area contributed by atoms with Gasteiger partial charge in [0.25, 0.3) is 0 Å². The van der Waals surface area contributed by atoms with Crippen molar-refractivity contribution in [2.45, 2.75) is 19.1 Å². The molecule has 0 aliphatic heterocycles. The average molecular weight is 467 g/mol. The van der Waals surface area contributed by atoms with Crippen molar-refractivity contribution in [1.82, 2.24) is 5.32 Å². The first-order valence-corrected chi connectivity index (χ1v) is 12.8. The van der Waals surface area contributed by atoms with Gasteiger partial charge in [0.2, 0.25) is 15.9 Å². The predicted molar refractivity (Wildman–Crippen MR) is 127 cm³/mol. The van der Waals surface area contributed by atoms with E-state index in [1.54, 1.807) is 30.0 Å². The van der Waals surface area contributed by atoms with Crippen molar-refractivity contribution >= 4 is 33.4 Å². The van der Waals surface area contributed by atoms with Crippen LogP contribution in [0.4, 0.5) is 5.69 Å². The van der Waals surface area contributed by atoms with Gasteiger partial charge >= 0.3 is 0 Å². The number of nitrogens with zero attached hydrogens (tertiary/aromatic N) is 1. The molecule has 9 heteroatoms. The minimum absolute atomic E-state index is 0.287. The van der Waals surface area contributed by atoms with E-state index in [0.717, 1.165) is 28.5 Å². The van der Waals surface area contributed by atoms with E-state index in [2.05, 4.69) is 36.5 Å². The van der Waals surface area contributed by atoms with Crippen LogP contribution in [0.25, 0.3) is 0 Å². The summed E-state index contributed by atoms with van der Waals surface area (Å²) in [5.41, 5.74) is 2.82. The fourth-order valence-corrected chi connectivity index (χ4v) is 4.72. The van der Waals surface area contributed by atoms with Crippen LogP contribution < -0.4 is 19.1 Å². The number of hydrogen-bond acceptors (Lipinski definition) is 6. The largest absolute Gasteiger partial charge is 0.497 e. The van der Waals surface area contributed by atoms with E-state index in [4.69, 9.17) is 9.47 Å². The third-order valence-corrected chi connectivity index (χ3v) is 6.72. The summed E-state index contributed by atoms with van der Waals surface area (Å²) in [6.45, 7) is 2.24. The highest BCUT2D eigenvalue weighted by atomic mass is 32.2. The Morgan fingerprint density at radius 3 is 2.55 bits per heavy atom. The van der Waals surface area contributed by atoms with E-state index >= 15 is 0 Å². The second-order valence-corrected chi connectivity index (χ2v) is 10.1. The van der Waals surface area contributed by atoms with Crippen molar-refractivity contribution < 1.29 is 22.7 Å². The summed E-state index contributed by atoms with van der Waals surface area (Å²) in [5, 5.41) is 2.80. The van der Waals surface area contributed by atoms with Crippen LogP contribution in [-0.4, -0.2) is 53.6 Å². The molecule has 2 rings (SSSR count). The molecule has 0 saturated heterocycles. The Hall–Kier alpha value is -2.39. The number of carbonyl (C=O) groups is 1. The maximum atomic E-state index is 12.4. The molecule has 2 aromatic rings. The number of methoxy groups -OCH3 is 2. The van der Waals surface area contributed by atoms with Gasteiger partial charge in [-0.25, -0.2) is 8.42 Å². The molecule has 31 heavy (non-hydrogen) atoms. The first-order valence-electron chi connectivity index (χ1n) is 9.84. The van der Waals surface area contributed by atoms with Gasteiger partial charge in [-0.1, -0.05) is 29.8 Å². The standard InChI is InChI=1S/C22H30N2O5S2/c1-17-7-5-8-18(13-17)16-30-12-6-11-23-22(25)15-24(31(4,26)27)20-10-9-19(28-2)14-21(20)29-3/h5,7-10,13-14H,6,11-12,15-16H2,1-4H3,(H,23,25). The summed E-state index contributed by atoms with van der Waals surface area (Å²) in [5.74, 6) is 2.30. The van der Waals surface area contributed by atoms with Gasteiger partial charge in [-0.05, 0) is 36.8 Å². The van der Waals surface area contributed by atoms with Gasteiger partial charge in [0, 0.05) is 18.4 Å². The summed E-state index contributed by atoms with van der Waals surface area (Å²) in [6.07, 6.45) is 1.86. The highest BCUT2D eigenvalue weighted by Crippen LogP contribution is 2.33. The predicted octanol–water partition coefficient (Wildman–Crippen LogP) is 3.22. The molecule has 0 heterocycles. The number of nitrogens with one attached hydrogen (secondary N) is 1. The van der Waals surface area contributed by atoms with Gasteiger partial charge in [-0.2, -0.15) is 11.8 Å². The minimum atomic E-state index is -3.69. The Kier molecular flexibility index (Phi) is 9.51. The van der Waals surface area contributed by atoms with Gasteiger partial charge < -0.3 is 14.8 Å². The van der Waals surface area contributed by atoms with Crippen molar-refractivity contribution in [1.29, 1.82) is 0 Å². The first-order chi connectivity index (χ1) is 14.7. The molecule has 1 amide bonds. The molecule has 0 saturated carbocycles. The van der Waals surface area contributed by atoms with Crippen molar-refractivity contribution in [2.75, 3.05) is 43.6 Å². The molecule has 0 aliphatic carbocycles. The number of anilines is 1. The van der Waals surface area contributed by atoms with Crippen LogP contribution >= 0.6 is 11.8 Å². The molecule has 0 radical (unpaired) electrons. The van der Waals surface area contributed by atoms with Crippen LogP contribution in [-0.2, 0) is 20.6 Å². The maximum absolute atomic E-state index is 12.4. The third kappa shape index (κ3) is 7.99. The zero-order chi connectivity index (χ0) is 22.9. The Labute approximate surface area is 189 Å². The molecule has 1 N–H and O–H groups in total. The van der Waals surface area contributed by atoms with Crippen LogP contribution in [0.2, 0.25) is 0 Å². The zero-order valence-electron chi connectivity index (χ0n) is 18.4. The van der Waals surface area contributed by atoms with Crippen LogP contribution in [0.1, 0.15) is 17.5 Å². The van der Waals surface area contributed by atoms with Crippen molar-refractivity contribution in [3.05, 3.63) is 53.6 Å². The van der Waals surface area contributed by atoms with E-state index in [1.807, 2.05) is 0 Å². The number of benzene rings is 2. The zero-order valence-corrected chi connectivity index (χ0v) is 20.0. The number of hydrogen-bond donors (Lipinski definition) is 1. The Bertz CT molecular complexity index is 980. The third-order valence-electron chi connectivity index (χ3n) is 4.48. The molecule has 170 valence electrons. The smallest absolute Gasteiger partial charge is 0.240 e. The highest BCUT2D eigenvalue weighted by molar-refractivity contribution is 7.98. The van der Waals surface area contributed by atoms with E-state index in [9.17, 15) is 13.2 Å². The van der Waals surface area contributed by atoms with Crippen LogP contribution in [0.5, 0.6) is 11.5 Å². The van der Waals surface area contributed by atoms with Crippen LogP contribution in [0.3, 0.4) is 0 Å². The Morgan fingerprint density at radius 1 is 1.13 bits per heavy atom. The quantitative estimate of drug-likeness (QED) is 0.484. The van der Waals surface area contributed by atoms with Crippen molar-refractivity contribution in [3.8, 4) is 11.5 Å². The lowest BCUT2D eigenvalue weighted by Crippen LogP contribution is -2.40. The maximum Gasteiger partial charge on any atom is 0.240 e. The Morgan fingerprint density at radius 2 is 1.90 bits per heavy atom. The molecule has 0 aromatic heterocycles. The van der Waals surface area contributed by atoms with Gasteiger partial charge in [0.1, 0.15) is 18.0 Å². The number of rotatable bonds is 12. The fourth-order valence-electron chi connectivity index (χ4n) is 2.95. The van der Waals surface area contributed by atoms with E-state index in [-0.39, 0.29) is 18.1 Å². The van der Waals surface area contributed by atoms with Gasteiger partial charge in [-0.3, -0.25) is 9.10 Å². The van der Waals surface area contributed by atoms with E-state index in [1.165, 1.54) is 25.3 Å². The molecular weight excluding hydrogens is 436 g/mol. The van der Waals surface area contributed by atoms with Gasteiger partial charge in [0.05, 0.1) is 26.2 Å². The molecule has 0 fully saturated rings. The molecule has 2 aromatic carbocycles. The number of amides is 1. The fraction of sp³-hybridized carbons (Fsp3) is 0.409. The molecule has 0 bridgehead atoms. The lowest BCUT2D eigenvalue weighted by atomic mass is 10.2. The number of thioether (sulfide) groups is 1. The highest BCUT2D eigenvalue weighted by Gasteiger charge is 2.24. The van der Waals surface area contributed by atoms with Crippen LogP contribution in [0.15, 0.2) is 42.5 Å². The van der Waals surface area contributed by atoms with Gasteiger partial charge in [0.15, 0.2) is 0 Å². The summed E-state index contributed by atoms with van der Waals surface area (Å²) in [6, 6.07) is 13.2. The topological polar surface area (TPSA) is 84.9 Å². The number of ether oxygens (including phenoxy) is 2. The molecule has 0 unspecified atom stereocenters. The van der Waals surface area contributed by atoms with Crippen molar-refractivity contribution in [2.24, 2.45) is 0 Å². The number of aryl methyl sites for hydroxylation is 1. The van der Waals surface area contributed by atoms with Crippen LogP contribution in [0, 0.1) is 6.92 Å². The summed E-state index contributed by atoms with van der Waals surface area (Å²) in [7, 11) is -0.744. The lowest BCUT2D eigenvalue weighted by Gasteiger charge is -2.24. The first kappa shape index (κ1) is 24.9. The molecule has 0 atom stereocenters. The second-order valence-electron chi connectivity index (χ2n) is 7.05. The van der Waals surface area contributed by atoms with Crippen molar-refractivity contribution in [3.63, 3.8) is 0 Å². The molecular formula is C22H30N2O5S2. The summed E-state index contributed by atoms with van der Waals surface area (Å²) < 4.78 is 36.1. The van der Waals surface area contributed by atoms with Gasteiger partial charge in [-0.15, -0.1) is 0 Å². The second kappa shape index (κ2) is 11.9. The average Bonchev–Trinajstić information content (AvgIpc) is 2.73. The lowest BCUT2D eigenvalue weighted by molar-refractivity contribution is -0.119. The number of sulfonamides is 1. The summed E-state index contributed by atoms with van der Waals surface area (Å²) in [4.78, 5) is 12.4. The van der Waals surface area contributed by atoms with E-state index < -0.39 is 10.0 Å². The molecule has 7 nitrogen and oxygen atoms in total. The Balaban J connectivity index is 1.86. The SMILES string of the molecule is COc1ccc(N(CC(=O)NCCCSCc2cccc(C)c2)S(C)(=O)=O)c(OC)c1. The normalized spacial score (nSPS) is 11.1. The molecule has 0 aliphatic rings. The number of carbonyl (C=O) groups excluding carboxylic acids is 1. The van der Waals surface area contributed by atoms with E-state index in [0.29, 0.717) is 18.0 Å². The monoisotopic (exact) mass is 466 g/mol. The minimum Gasteiger partial charge on any atom is -0.497 e. The summed E-state index contributed by atoms with van der Waals surface area (Å²) >= 11 is 1.80. The molecule has 0 spiro atoms.